The highest BCUT2D eigenvalue weighted by molar-refractivity contribution is 5.37. The van der Waals surface area contributed by atoms with Gasteiger partial charge in [0.15, 0.2) is 0 Å². The molecule has 45 heavy (non-hydrogen) atoms. The van der Waals surface area contributed by atoms with Crippen LogP contribution < -0.4 is 0 Å². The maximum absolute atomic E-state index is 2.37. The van der Waals surface area contributed by atoms with Gasteiger partial charge in [-0.05, 0) is 102 Å². The van der Waals surface area contributed by atoms with Crippen molar-refractivity contribution in [1.82, 2.24) is 0 Å². The Morgan fingerprint density at radius 1 is 0.733 bits per heavy atom. The van der Waals surface area contributed by atoms with Crippen molar-refractivity contribution in [3.63, 3.8) is 0 Å². The Kier molecular flexibility index (Phi) is 23.4. The monoisotopic (exact) mass is 615 g/mol. The Labute approximate surface area is 283 Å². The lowest BCUT2D eigenvalue weighted by Crippen LogP contribution is -2.24. The molecule has 0 aromatic rings. The lowest BCUT2D eigenvalue weighted by atomic mass is 9.71. The van der Waals surface area contributed by atoms with Gasteiger partial charge >= 0.3 is 0 Å². The SMILES string of the molecule is C/C=C(/C)C(CC(C)/C(C)=C/C=C/C(C)=C/C=C/C=C(C)/C=C/C=C(C)/C=C/C1=C(C)CCCC1(C)C)C(C)(C)C.CC.CC. The molecule has 1 rings (SSSR count). The molecule has 0 N–H and O–H groups in total. The molecular weight excluding hydrogens is 540 g/mol. The molecule has 0 radical (unpaired) electrons. The molecule has 0 amide bonds. The van der Waals surface area contributed by atoms with Crippen LogP contribution in [0.25, 0.3) is 0 Å². The van der Waals surface area contributed by atoms with Crippen molar-refractivity contribution in [1.29, 1.82) is 0 Å². The highest BCUT2D eigenvalue weighted by Gasteiger charge is 2.28. The Balaban J connectivity index is 0. The summed E-state index contributed by atoms with van der Waals surface area (Å²) in [5.74, 6) is 1.16. The van der Waals surface area contributed by atoms with Crippen LogP contribution in [0.4, 0.5) is 0 Å². The molecule has 0 aromatic carbocycles. The van der Waals surface area contributed by atoms with E-state index in [-0.39, 0.29) is 5.41 Å². The van der Waals surface area contributed by atoms with Crippen molar-refractivity contribution >= 4 is 0 Å². The molecule has 0 nitrogen and oxygen atoms in total. The molecule has 0 aromatic heterocycles. The summed E-state index contributed by atoms with van der Waals surface area (Å²) < 4.78 is 0. The standard InChI is InChI=1S/C41H62.2C2H6/c1-14-34(5)39(40(9,10)11)30-37(8)35(6)25-18-24-32(3)21-16-15-20-31(2)22-17-23-33(4)27-28-38-36(7)26-19-29-41(38,12)13;2*1-2/h14-18,20-25,27-28,37,39H,19,26,29-30H2,1-13H3;2*1-2H3/b16-15+,22-17+,24-18+,28-27+,31-20+,32-21+,33-23+,34-14-,35-25+;;. The molecule has 0 saturated heterocycles. The fourth-order valence-electron chi connectivity index (χ4n) is 5.64. The third-order valence-electron chi connectivity index (χ3n) is 8.74. The predicted molar refractivity (Wildman–Crippen MR) is 211 cm³/mol. The van der Waals surface area contributed by atoms with Crippen molar-refractivity contribution in [2.45, 2.75) is 143 Å². The van der Waals surface area contributed by atoms with Crippen LogP contribution >= 0.6 is 0 Å². The molecule has 0 aliphatic heterocycles. The van der Waals surface area contributed by atoms with E-state index in [0.29, 0.717) is 17.3 Å². The summed E-state index contributed by atoms with van der Waals surface area (Å²) in [4.78, 5) is 0. The molecule has 0 saturated carbocycles. The summed E-state index contributed by atoms with van der Waals surface area (Å²) >= 11 is 0. The minimum atomic E-state index is 0.283. The van der Waals surface area contributed by atoms with Gasteiger partial charge in [-0.15, -0.1) is 0 Å². The van der Waals surface area contributed by atoms with Gasteiger partial charge in [0.2, 0.25) is 0 Å². The first kappa shape index (κ1) is 44.5. The van der Waals surface area contributed by atoms with Crippen LogP contribution in [0.5, 0.6) is 0 Å². The lowest BCUT2D eigenvalue weighted by molar-refractivity contribution is 0.244. The van der Waals surface area contributed by atoms with Crippen molar-refractivity contribution in [3.8, 4) is 0 Å². The average molecular weight is 615 g/mol. The molecule has 0 heteroatoms. The van der Waals surface area contributed by atoms with E-state index in [9.17, 15) is 0 Å². The molecule has 0 spiro atoms. The van der Waals surface area contributed by atoms with Crippen molar-refractivity contribution < 1.29 is 0 Å². The number of rotatable bonds is 12. The van der Waals surface area contributed by atoms with E-state index in [0.717, 1.165) is 0 Å². The summed E-state index contributed by atoms with van der Waals surface area (Å²) in [5.41, 5.74) is 10.3. The zero-order valence-electron chi connectivity index (χ0n) is 33.0. The molecule has 0 heterocycles. The van der Waals surface area contributed by atoms with Crippen LogP contribution in [0.15, 0.2) is 118 Å². The highest BCUT2D eigenvalue weighted by Crippen LogP contribution is 2.41. The van der Waals surface area contributed by atoms with E-state index in [1.807, 2.05) is 27.7 Å². The van der Waals surface area contributed by atoms with E-state index >= 15 is 0 Å². The Morgan fingerprint density at radius 3 is 1.67 bits per heavy atom. The second kappa shape index (κ2) is 23.7. The molecule has 2 atom stereocenters. The van der Waals surface area contributed by atoms with E-state index < -0.39 is 0 Å². The molecular formula is C45H74. The van der Waals surface area contributed by atoms with Crippen LogP contribution in [-0.4, -0.2) is 0 Å². The van der Waals surface area contributed by atoms with Crippen LogP contribution in [0.1, 0.15) is 143 Å². The first-order chi connectivity index (χ1) is 21.1. The van der Waals surface area contributed by atoms with E-state index in [2.05, 4.69) is 169 Å². The van der Waals surface area contributed by atoms with Crippen LogP contribution in [0.2, 0.25) is 0 Å². The summed E-state index contributed by atoms with van der Waals surface area (Å²) in [6.45, 7) is 37.7. The fraction of sp³-hybridized carbons (Fsp3) is 0.556. The topological polar surface area (TPSA) is 0 Å². The summed E-state index contributed by atoms with van der Waals surface area (Å²) in [6.07, 6.45) is 33.7. The smallest absolute Gasteiger partial charge is 0.0104 e. The van der Waals surface area contributed by atoms with Crippen LogP contribution in [0.3, 0.4) is 0 Å². The van der Waals surface area contributed by atoms with E-state index in [1.165, 1.54) is 59.1 Å². The summed E-state index contributed by atoms with van der Waals surface area (Å²) in [5, 5.41) is 0. The number of hydrogen-bond donors (Lipinski definition) is 0. The van der Waals surface area contributed by atoms with Gasteiger partial charge in [0.25, 0.3) is 0 Å². The van der Waals surface area contributed by atoms with Gasteiger partial charge in [0, 0.05) is 0 Å². The summed E-state index contributed by atoms with van der Waals surface area (Å²) in [6, 6.07) is 0. The van der Waals surface area contributed by atoms with Gasteiger partial charge in [-0.1, -0.05) is 182 Å². The van der Waals surface area contributed by atoms with Crippen LogP contribution in [-0.2, 0) is 0 Å². The van der Waals surface area contributed by atoms with Gasteiger partial charge in [-0.25, -0.2) is 0 Å². The molecule has 1 aliphatic rings. The Hall–Kier alpha value is -2.60. The first-order valence-corrected chi connectivity index (χ1v) is 17.8. The van der Waals surface area contributed by atoms with Crippen LogP contribution in [0, 0.1) is 22.7 Å². The molecule has 0 bridgehead atoms. The van der Waals surface area contributed by atoms with Crippen molar-refractivity contribution in [2.24, 2.45) is 22.7 Å². The third kappa shape index (κ3) is 18.8. The molecule has 0 fully saturated rings. The lowest BCUT2D eigenvalue weighted by Gasteiger charge is -2.34. The van der Waals surface area contributed by atoms with Crippen molar-refractivity contribution in [2.75, 3.05) is 0 Å². The van der Waals surface area contributed by atoms with Gasteiger partial charge in [-0.2, -0.15) is 0 Å². The third-order valence-corrected chi connectivity index (χ3v) is 8.74. The second-order valence-electron chi connectivity index (χ2n) is 14.1. The second-order valence-corrected chi connectivity index (χ2v) is 14.1. The van der Waals surface area contributed by atoms with Gasteiger partial charge in [0.05, 0.1) is 0 Å². The number of hydrogen-bond acceptors (Lipinski definition) is 0. The maximum Gasteiger partial charge on any atom is -0.0104 e. The largest absolute Gasteiger partial charge is 0.0884 e. The highest BCUT2D eigenvalue weighted by atomic mass is 14.3. The molecule has 254 valence electrons. The predicted octanol–water partition coefficient (Wildman–Crippen LogP) is 15.2. The van der Waals surface area contributed by atoms with E-state index in [1.54, 1.807) is 5.57 Å². The zero-order valence-corrected chi connectivity index (χ0v) is 33.0. The molecule has 2 unspecified atom stereocenters. The van der Waals surface area contributed by atoms with E-state index in [4.69, 9.17) is 0 Å². The minimum absolute atomic E-state index is 0.283. The van der Waals surface area contributed by atoms with Gasteiger partial charge < -0.3 is 0 Å². The normalized spacial score (nSPS) is 18.8. The first-order valence-electron chi connectivity index (χ1n) is 17.8. The zero-order chi connectivity index (χ0) is 35.2. The quantitative estimate of drug-likeness (QED) is 0.151. The average Bonchev–Trinajstić information content (AvgIpc) is 2.98. The Morgan fingerprint density at radius 2 is 1.20 bits per heavy atom. The maximum atomic E-state index is 2.37. The van der Waals surface area contributed by atoms with Gasteiger partial charge in [-0.3, -0.25) is 0 Å². The number of allylic oxidation sites excluding steroid dienone is 20. The minimum Gasteiger partial charge on any atom is -0.0884 e. The fourth-order valence-corrected chi connectivity index (χ4v) is 5.64. The molecule has 1 aliphatic carbocycles. The van der Waals surface area contributed by atoms with Crippen molar-refractivity contribution in [3.05, 3.63) is 118 Å². The van der Waals surface area contributed by atoms with Gasteiger partial charge in [0.1, 0.15) is 0 Å². The Bertz CT molecular complexity index is 1150. The summed E-state index contributed by atoms with van der Waals surface area (Å²) in [7, 11) is 0.